The molecule has 3 rings (SSSR count). The Balaban J connectivity index is 1.91. The number of rotatable bonds is 15. The lowest BCUT2D eigenvalue weighted by Gasteiger charge is -2.35. The summed E-state index contributed by atoms with van der Waals surface area (Å²) >= 11 is 3.79. The number of hydrogen-bond donors (Lipinski definition) is 0. The van der Waals surface area contributed by atoms with Crippen LogP contribution in [0.3, 0.4) is 0 Å². The minimum Gasteiger partial charge on any atom is -0.298 e. The minimum atomic E-state index is -0.00785. The van der Waals surface area contributed by atoms with E-state index in [9.17, 15) is 4.79 Å². The fourth-order valence-corrected chi connectivity index (χ4v) is 6.61. The van der Waals surface area contributed by atoms with Crippen molar-refractivity contribution in [2.24, 2.45) is 23.7 Å². The molecule has 0 saturated heterocycles. The van der Waals surface area contributed by atoms with Crippen molar-refractivity contribution >= 4 is 22.2 Å². The van der Waals surface area contributed by atoms with E-state index in [1.807, 2.05) is 6.07 Å². The molecule has 1 aliphatic carbocycles. The molecule has 1 nitrogen and oxygen atoms in total. The van der Waals surface area contributed by atoms with Crippen molar-refractivity contribution in [2.45, 2.75) is 111 Å². The number of fused-ring (bicyclic) bond motifs is 3. The Morgan fingerprint density at radius 1 is 0.694 bits per heavy atom. The van der Waals surface area contributed by atoms with Crippen LogP contribution in [0.5, 0.6) is 0 Å². The first-order chi connectivity index (χ1) is 17.2. The predicted molar refractivity (Wildman–Crippen MR) is 160 cm³/mol. The molecule has 2 unspecified atom stereocenters. The molecule has 0 amide bonds. The molecular weight excluding hydrogens is 504 g/mol. The van der Waals surface area contributed by atoms with Gasteiger partial charge >= 0.3 is 0 Å². The van der Waals surface area contributed by atoms with E-state index >= 15 is 0 Å². The summed E-state index contributed by atoms with van der Waals surface area (Å²) < 4.78 is 1.16. The van der Waals surface area contributed by atoms with Crippen molar-refractivity contribution in [3.63, 3.8) is 0 Å². The highest BCUT2D eigenvalue weighted by Gasteiger charge is 2.43. The monoisotopic (exact) mass is 552 g/mol. The van der Waals surface area contributed by atoms with Gasteiger partial charge in [-0.05, 0) is 89.8 Å². The molecule has 0 fully saturated rings. The lowest BCUT2D eigenvalue weighted by Crippen LogP contribution is -2.27. The fourth-order valence-electron chi connectivity index (χ4n) is 6.25. The summed E-state index contributed by atoms with van der Waals surface area (Å²) in [6.45, 7) is 14.2. The van der Waals surface area contributed by atoms with Gasteiger partial charge in [0.05, 0.1) is 0 Å². The van der Waals surface area contributed by atoms with Crippen molar-refractivity contribution in [3.8, 4) is 11.1 Å². The molecule has 0 N–H and O–H groups in total. The van der Waals surface area contributed by atoms with Gasteiger partial charge in [-0.2, -0.15) is 0 Å². The third-order valence-electron chi connectivity index (χ3n) is 8.57. The van der Waals surface area contributed by atoms with Gasteiger partial charge in [0.25, 0.3) is 0 Å². The van der Waals surface area contributed by atoms with Crippen LogP contribution in [0.25, 0.3) is 11.1 Å². The van der Waals surface area contributed by atoms with Crippen LogP contribution in [0.15, 0.2) is 40.9 Å². The van der Waals surface area contributed by atoms with E-state index in [4.69, 9.17) is 0 Å². The molecule has 2 heteroatoms. The number of hydrogen-bond acceptors (Lipinski definition) is 1. The third-order valence-corrected chi connectivity index (χ3v) is 9.06. The summed E-state index contributed by atoms with van der Waals surface area (Å²) in [5.74, 6) is 3.01. The maximum atomic E-state index is 11.8. The molecule has 0 radical (unpaired) electrons. The molecule has 198 valence electrons. The zero-order chi connectivity index (χ0) is 26.3. The molecule has 2 aromatic rings. The topological polar surface area (TPSA) is 17.1 Å². The van der Waals surface area contributed by atoms with Gasteiger partial charge in [-0.25, -0.2) is 0 Å². The van der Waals surface area contributed by atoms with Gasteiger partial charge in [-0.1, -0.05) is 114 Å². The van der Waals surface area contributed by atoms with Crippen LogP contribution in [-0.2, 0) is 5.41 Å². The zero-order valence-electron chi connectivity index (χ0n) is 23.7. The van der Waals surface area contributed by atoms with Crippen molar-refractivity contribution in [2.75, 3.05) is 0 Å². The highest BCUT2D eigenvalue weighted by molar-refractivity contribution is 9.10. The van der Waals surface area contributed by atoms with E-state index in [1.54, 1.807) is 0 Å². The molecule has 0 heterocycles. The molecule has 36 heavy (non-hydrogen) atoms. The smallest absolute Gasteiger partial charge is 0.150 e. The van der Waals surface area contributed by atoms with Crippen LogP contribution >= 0.6 is 15.9 Å². The Bertz CT molecular complexity index is 965. The molecule has 0 aliphatic heterocycles. The Hall–Kier alpha value is -1.41. The molecule has 2 atom stereocenters. The van der Waals surface area contributed by atoms with Crippen molar-refractivity contribution in [1.29, 1.82) is 0 Å². The fraction of sp³-hybridized carbons (Fsp3) is 0.618. The first-order valence-corrected chi connectivity index (χ1v) is 15.4. The average Bonchev–Trinajstić information content (AvgIpc) is 3.09. The van der Waals surface area contributed by atoms with Gasteiger partial charge in [0.1, 0.15) is 6.29 Å². The van der Waals surface area contributed by atoms with E-state index in [2.05, 4.69) is 87.8 Å². The number of carbonyl (C=O) groups is 1. The van der Waals surface area contributed by atoms with Crippen molar-refractivity contribution < 1.29 is 4.79 Å². The number of halogens is 1. The first-order valence-electron chi connectivity index (χ1n) is 14.6. The van der Waals surface area contributed by atoms with Crippen LogP contribution in [-0.4, -0.2) is 6.29 Å². The highest BCUT2D eigenvalue weighted by Crippen LogP contribution is 2.55. The van der Waals surface area contributed by atoms with E-state index in [0.29, 0.717) is 0 Å². The Morgan fingerprint density at radius 3 is 1.69 bits per heavy atom. The van der Waals surface area contributed by atoms with Crippen LogP contribution < -0.4 is 0 Å². The van der Waals surface area contributed by atoms with Crippen molar-refractivity contribution in [3.05, 3.63) is 57.6 Å². The maximum Gasteiger partial charge on any atom is 0.150 e. The SMILES string of the molecule is CC(C)CCCC(C)CCC1(CCC(C)CCCC(C)C)c2cc(Br)ccc2-c2ccc(C=O)cc21. The van der Waals surface area contributed by atoms with Gasteiger partial charge in [-0.3, -0.25) is 4.79 Å². The largest absolute Gasteiger partial charge is 0.298 e. The third kappa shape index (κ3) is 7.33. The maximum absolute atomic E-state index is 11.8. The van der Waals surface area contributed by atoms with Crippen LogP contribution in [0, 0.1) is 23.7 Å². The molecule has 0 bridgehead atoms. The van der Waals surface area contributed by atoms with E-state index in [0.717, 1.165) is 52.8 Å². The normalized spacial score (nSPS) is 18.4. The highest BCUT2D eigenvalue weighted by atomic mass is 79.9. The number of aldehydes is 1. The summed E-state index contributed by atoms with van der Waals surface area (Å²) in [6.07, 6.45) is 13.7. The van der Waals surface area contributed by atoms with Gasteiger partial charge in [-0.15, -0.1) is 0 Å². The second-order valence-electron chi connectivity index (χ2n) is 12.6. The average molecular weight is 554 g/mol. The lowest BCUT2D eigenvalue weighted by molar-refractivity contribution is 0.112. The van der Waals surface area contributed by atoms with Crippen LogP contribution in [0.4, 0.5) is 0 Å². The lowest BCUT2D eigenvalue weighted by atomic mass is 9.69. The Kier molecular flexibility index (Phi) is 10.9. The van der Waals surface area contributed by atoms with Gasteiger partial charge in [0.2, 0.25) is 0 Å². The van der Waals surface area contributed by atoms with E-state index in [1.165, 1.54) is 73.6 Å². The molecular formula is C34H49BrO. The minimum absolute atomic E-state index is 0.00785. The van der Waals surface area contributed by atoms with Crippen molar-refractivity contribution in [1.82, 2.24) is 0 Å². The summed E-state index contributed by atoms with van der Waals surface area (Å²) in [5.41, 5.74) is 6.36. The summed E-state index contributed by atoms with van der Waals surface area (Å²) in [7, 11) is 0. The summed E-state index contributed by atoms with van der Waals surface area (Å²) in [5, 5.41) is 0. The quantitative estimate of drug-likeness (QED) is 0.201. The Morgan fingerprint density at radius 2 is 1.19 bits per heavy atom. The molecule has 0 saturated carbocycles. The molecule has 1 aliphatic rings. The second-order valence-corrected chi connectivity index (χ2v) is 13.5. The Labute approximate surface area is 230 Å². The zero-order valence-corrected chi connectivity index (χ0v) is 25.3. The standard InChI is InChI=1S/C34H49BrO/c1-24(2)9-7-11-26(5)17-19-34(20-18-27(6)12-8-10-25(3)4)32-21-28(23-36)13-15-30(32)31-16-14-29(35)22-33(31)34/h13-16,21-27H,7-12,17-20H2,1-6H3. The van der Waals surface area contributed by atoms with Gasteiger partial charge in [0, 0.05) is 15.5 Å². The van der Waals surface area contributed by atoms with E-state index < -0.39 is 0 Å². The first kappa shape index (κ1) is 29.2. The van der Waals surface area contributed by atoms with Gasteiger partial charge < -0.3 is 0 Å². The van der Waals surface area contributed by atoms with Crippen LogP contribution in [0.2, 0.25) is 0 Å². The second kappa shape index (κ2) is 13.4. The molecule has 0 spiro atoms. The van der Waals surface area contributed by atoms with Crippen LogP contribution in [0.1, 0.15) is 127 Å². The number of benzene rings is 2. The van der Waals surface area contributed by atoms with E-state index in [-0.39, 0.29) is 5.41 Å². The predicted octanol–water partition coefficient (Wildman–Crippen LogP) is 11.0. The molecule has 2 aromatic carbocycles. The number of carbonyl (C=O) groups excluding carboxylic acids is 1. The molecule has 0 aromatic heterocycles. The van der Waals surface area contributed by atoms with Gasteiger partial charge in [0.15, 0.2) is 0 Å². The summed E-state index contributed by atoms with van der Waals surface area (Å²) in [4.78, 5) is 11.8. The summed E-state index contributed by atoms with van der Waals surface area (Å²) in [6, 6.07) is 13.3.